The van der Waals surface area contributed by atoms with Crippen molar-refractivity contribution in [1.82, 2.24) is 24.5 Å². The first-order valence-electron chi connectivity index (χ1n) is 4.77. The van der Waals surface area contributed by atoms with Gasteiger partial charge in [-0.15, -0.1) is 16.7 Å². The van der Waals surface area contributed by atoms with Crippen molar-refractivity contribution in [2.75, 3.05) is 0 Å². The van der Waals surface area contributed by atoms with Gasteiger partial charge in [0.15, 0.2) is 0 Å². The van der Waals surface area contributed by atoms with E-state index in [-0.39, 0.29) is 0 Å². The molecule has 0 N–H and O–H groups in total. The van der Waals surface area contributed by atoms with Gasteiger partial charge in [-0.1, -0.05) is 5.21 Å². The highest BCUT2D eigenvalue weighted by Crippen LogP contribution is 2.03. The molecule has 0 fully saturated rings. The van der Waals surface area contributed by atoms with Crippen LogP contribution < -0.4 is 0 Å². The zero-order chi connectivity index (χ0) is 10.7. The molecule has 0 saturated heterocycles. The summed E-state index contributed by atoms with van der Waals surface area (Å²) in [5.74, 6) is 0.396. The van der Waals surface area contributed by atoms with Crippen molar-refractivity contribution in [3.05, 3.63) is 30.1 Å². The lowest BCUT2D eigenvalue weighted by molar-refractivity contribution is 0.602. The van der Waals surface area contributed by atoms with Gasteiger partial charge < -0.3 is 4.57 Å². The van der Waals surface area contributed by atoms with Crippen molar-refractivity contribution in [3.63, 3.8) is 0 Å². The van der Waals surface area contributed by atoms with E-state index in [2.05, 4.69) is 26.8 Å². The number of hydrogen-bond donors (Lipinski definition) is 0. The fraction of sp³-hybridized carbons (Fsp3) is 0.444. The van der Waals surface area contributed by atoms with Gasteiger partial charge in [-0.3, -0.25) is 0 Å². The Morgan fingerprint density at radius 2 is 2.33 bits per heavy atom. The number of nitrogens with zero attached hydrogens (tertiary/aromatic N) is 5. The number of imidazole rings is 1. The number of aromatic nitrogens is 5. The van der Waals surface area contributed by atoms with Crippen LogP contribution in [0.3, 0.4) is 0 Å². The molecule has 15 heavy (non-hydrogen) atoms. The van der Waals surface area contributed by atoms with Gasteiger partial charge in [0.2, 0.25) is 0 Å². The van der Waals surface area contributed by atoms with Crippen molar-refractivity contribution in [2.45, 2.75) is 25.9 Å². The second-order valence-corrected chi connectivity index (χ2v) is 3.48. The van der Waals surface area contributed by atoms with E-state index in [1.165, 1.54) is 0 Å². The maximum atomic E-state index is 5.65. The Hall–Kier alpha value is -1.36. The average Bonchev–Trinajstić information content (AvgIpc) is 2.87. The Morgan fingerprint density at radius 3 is 3.00 bits per heavy atom. The highest BCUT2D eigenvalue weighted by atomic mass is 35.5. The van der Waals surface area contributed by atoms with Gasteiger partial charge in [0, 0.05) is 6.54 Å². The minimum Gasteiger partial charge on any atom is -0.333 e. The van der Waals surface area contributed by atoms with E-state index >= 15 is 0 Å². The molecular formula is C9H12ClN5. The van der Waals surface area contributed by atoms with Crippen LogP contribution >= 0.6 is 11.6 Å². The summed E-state index contributed by atoms with van der Waals surface area (Å²) in [6.45, 7) is 3.67. The van der Waals surface area contributed by atoms with Crippen molar-refractivity contribution in [2.24, 2.45) is 0 Å². The minimum absolute atomic E-state index is 0.396. The summed E-state index contributed by atoms with van der Waals surface area (Å²) in [4.78, 5) is 4.09. The molecule has 2 rings (SSSR count). The molecule has 0 aliphatic carbocycles. The van der Waals surface area contributed by atoms with Gasteiger partial charge >= 0.3 is 0 Å². The summed E-state index contributed by atoms with van der Waals surface area (Å²) in [5, 5.41) is 7.90. The lowest BCUT2D eigenvalue weighted by Crippen LogP contribution is -2.06. The van der Waals surface area contributed by atoms with Crippen molar-refractivity contribution in [1.29, 1.82) is 0 Å². The Kier molecular flexibility index (Phi) is 3.01. The van der Waals surface area contributed by atoms with E-state index in [1.807, 2.05) is 18.7 Å². The summed E-state index contributed by atoms with van der Waals surface area (Å²) in [5.41, 5.74) is 1.91. The van der Waals surface area contributed by atoms with Crippen LogP contribution in [0.5, 0.6) is 0 Å². The average molecular weight is 226 g/mol. The number of alkyl halides is 1. The SMILES string of the molecule is CCn1cncc1Cn1cc(CCl)nn1. The van der Waals surface area contributed by atoms with E-state index in [0.29, 0.717) is 12.4 Å². The minimum atomic E-state index is 0.396. The first-order valence-corrected chi connectivity index (χ1v) is 5.31. The third kappa shape index (κ3) is 2.18. The number of halogens is 1. The lowest BCUT2D eigenvalue weighted by Gasteiger charge is -2.03. The maximum Gasteiger partial charge on any atom is 0.0974 e. The standard InChI is InChI=1S/C9H12ClN5/c1-2-14-7-11-4-9(14)6-15-5-8(3-10)12-13-15/h4-5,7H,2-3,6H2,1H3. The molecule has 0 radical (unpaired) electrons. The second kappa shape index (κ2) is 4.44. The number of aryl methyl sites for hydroxylation is 1. The lowest BCUT2D eigenvalue weighted by atomic mass is 10.4. The van der Waals surface area contributed by atoms with E-state index in [9.17, 15) is 0 Å². The largest absolute Gasteiger partial charge is 0.333 e. The van der Waals surface area contributed by atoms with Gasteiger partial charge in [-0.05, 0) is 6.92 Å². The second-order valence-electron chi connectivity index (χ2n) is 3.21. The van der Waals surface area contributed by atoms with Crippen LogP contribution in [0.1, 0.15) is 18.3 Å². The maximum absolute atomic E-state index is 5.65. The molecule has 0 bridgehead atoms. The molecule has 0 atom stereocenters. The number of hydrogen-bond acceptors (Lipinski definition) is 3. The fourth-order valence-electron chi connectivity index (χ4n) is 1.41. The summed E-state index contributed by atoms with van der Waals surface area (Å²) in [6, 6.07) is 0. The molecule has 6 heteroatoms. The summed E-state index contributed by atoms with van der Waals surface area (Å²) < 4.78 is 3.84. The molecule has 5 nitrogen and oxygen atoms in total. The van der Waals surface area contributed by atoms with Gasteiger partial charge in [0.1, 0.15) is 0 Å². The molecule has 2 aromatic heterocycles. The van der Waals surface area contributed by atoms with E-state index < -0.39 is 0 Å². The Balaban J connectivity index is 2.14. The van der Waals surface area contributed by atoms with Crippen LogP contribution in [0.2, 0.25) is 0 Å². The van der Waals surface area contributed by atoms with Crippen molar-refractivity contribution >= 4 is 11.6 Å². The van der Waals surface area contributed by atoms with Gasteiger partial charge in [-0.25, -0.2) is 9.67 Å². The Labute approximate surface area is 92.7 Å². The molecule has 0 saturated carbocycles. The smallest absolute Gasteiger partial charge is 0.0974 e. The number of rotatable bonds is 4. The van der Waals surface area contributed by atoms with Crippen molar-refractivity contribution < 1.29 is 0 Å². The molecule has 0 aromatic carbocycles. The molecule has 2 aromatic rings. The van der Waals surface area contributed by atoms with Crippen LogP contribution in [-0.4, -0.2) is 24.5 Å². The molecule has 0 unspecified atom stereocenters. The molecular weight excluding hydrogens is 214 g/mol. The highest BCUT2D eigenvalue weighted by Gasteiger charge is 2.03. The molecule has 2 heterocycles. The van der Waals surface area contributed by atoms with E-state index in [1.54, 1.807) is 4.68 Å². The van der Waals surface area contributed by atoms with Crippen molar-refractivity contribution in [3.8, 4) is 0 Å². The summed E-state index contributed by atoms with van der Waals surface area (Å²) in [6.07, 6.45) is 5.50. The molecule has 0 amide bonds. The monoisotopic (exact) mass is 225 g/mol. The quantitative estimate of drug-likeness (QED) is 0.737. The molecule has 0 spiro atoms. The van der Waals surface area contributed by atoms with Gasteiger partial charge in [0.25, 0.3) is 0 Å². The zero-order valence-electron chi connectivity index (χ0n) is 8.47. The summed E-state index contributed by atoms with van der Waals surface area (Å²) in [7, 11) is 0. The van der Waals surface area contributed by atoms with Crippen LogP contribution in [0.25, 0.3) is 0 Å². The Bertz CT molecular complexity index is 433. The Morgan fingerprint density at radius 1 is 1.47 bits per heavy atom. The summed E-state index contributed by atoms with van der Waals surface area (Å²) >= 11 is 5.65. The predicted octanol–water partition coefficient (Wildman–Crippen LogP) is 1.28. The topological polar surface area (TPSA) is 48.5 Å². The van der Waals surface area contributed by atoms with Gasteiger partial charge in [0.05, 0.1) is 42.5 Å². The first-order chi connectivity index (χ1) is 7.33. The van der Waals surface area contributed by atoms with E-state index in [0.717, 1.165) is 17.9 Å². The highest BCUT2D eigenvalue weighted by molar-refractivity contribution is 6.16. The first kappa shape index (κ1) is 10.2. The van der Waals surface area contributed by atoms with Crippen LogP contribution in [0.15, 0.2) is 18.7 Å². The van der Waals surface area contributed by atoms with Crippen LogP contribution in [-0.2, 0) is 19.0 Å². The van der Waals surface area contributed by atoms with Crippen LogP contribution in [0.4, 0.5) is 0 Å². The third-order valence-corrected chi connectivity index (χ3v) is 2.46. The van der Waals surface area contributed by atoms with E-state index in [4.69, 9.17) is 11.6 Å². The van der Waals surface area contributed by atoms with Gasteiger partial charge in [-0.2, -0.15) is 0 Å². The predicted molar refractivity (Wildman–Crippen MR) is 56.6 cm³/mol. The molecule has 0 aliphatic heterocycles. The van der Waals surface area contributed by atoms with Crippen LogP contribution in [0, 0.1) is 0 Å². The normalized spacial score (nSPS) is 10.8. The fourth-order valence-corrected chi connectivity index (χ4v) is 1.53. The third-order valence-electron chi connectivity index (χ3n) is 2.19. The molecule has 0 aliphatic rings. The molecule has 80 valence electrons. The zero-order valence-corrected chi connectivity index (χ0v) is 9.22.